The van der Waals surface area contributed by atoms with Crippen molar-refractivity contribution < 1.29 is 4.79 Å². The smallest absolute Gasteiger partial charge is 0.223 e. The van der Waals surface area contributed by atoms with Gasteiger partial charge in [0.1, 0.15) is 0 Å². The molecule has 2 N–H and O–H groups in total. The van der Waals surface area contributed by atoms with Gasteiger partial charge in [-0.25, -0.2) is 0 Å². The Morgan fingerprint density at radius 1 is 1.44 bits per heavy atom. The first kappa shape index (κ1) is 14.6. The van der Waals surface area contributed by atoms with Crippen molar-refractivity contribution in [2.45, 2.75) is 38.6 Å². The molecule has 4 nitrogen and oxygen atoms in total. The Morgan fingerprint density at radius 2 is 2.11 bits per heavy atom. The van der Waals surface area contributed by atoms with Crippen LogP contribution in [0.4, 0.5) is 0 Å². The fraction of sp³-hybridized carbons (Fsp3) is 0.571. The summed E-state index contributed by atoms with van der Waals surface area (Å²) >= 11 is 0. The molecule has 1 atom stereocenters. The minimum Gasteiger partial charge on any atom is -0.345 e. The molecule has 4 heteroatoms. The second-order valence-corrected chi connectivity index (χ2v) is 4.67. The van der Waals surface area contributed by atoms with Gasteiger partial charge in [0.15, 0.2) is 0 Å². The lowest BCUT2D eigenvalue weighted by Gasteiger charge is -2.19. The first-order valence-electron chi connectivity index (χ1n) is 6.52. The molecule has 1 rings (SSSR count). The summed E-state index contributed by atoms with van der Waals surface area (Å²) in [4.78, 5) is 17.6. The third kappa shape index (κ3) is 5.27. The molecule has 100 valence electrons. The fourth-order valence-corrected chi connectivity index (χ4v) is 1.82. The zero-order chi connectivity index (χ0) is 13.4. The van der Waals surface area contributed by atoms with Gasteiger partial charge >= 0.3 is 0 Å². The van der Waals surface area contributed by atoms with E-state index in [0.717, 1.165) is 25.8 Å². The van der Waals surface area contributed by atoms with E-state index in [1.54, 1.807) is 17.3 Å². The molecule has 1 unspecified atom stereocenters. The van der Waals surface area contributed by atoms with Gasteiger partial charge in [0.05, 0.1) is 0 Å². The minimum atomic E-state index is -0.00845. The molecule has 0 fully saturated rings. The number of carbonyl (C=O) groups is 1. The van der Waals surface area contributed by atoms with Gasteiger partial charge < -0.3 is 10.6 Å². The second-order valence-electron chi connectivity index (χ2n) is 4.67. The molecule has 1 heterocycles. The van der Waals surface area contributed by atoms with Crippen molar-refractivity contribution in [1.82, 2.24) is 9.88 Å². The number of hydrogen-bond acceptors (Lipinski definition) is 3. The van der Waals surface area contributed by atoms with E-state index in [1.165, 1.54) is 5.56 Å². The number of amides is 1. The van der Waals surface area contributed by atoms with Crippen molar-refractivity contribution in [2.24, 2.45) is 5.73 Å². The summed E-state index contributed by atoms with van der Waals surface area (Å²) in [5, 5.41) is 0. The highest BCUT2D eigenvalue weighted by Crippen LogP contribution is 2.03. The van der Waals surface area contributed by atoms with Crippen molar-refractivity contribution in [3.05, 3.63) is 30.1 Å². The van der Waals surface area contributed by atoms with Crippen molar-refractivity contribution in [3.8, 4) is 0 Å². The van der Waals surface area contributed by atoms with Gasteiger partial charge in [-0.05, 0) is 30.5 Å². The molecule has 0 radical (unpaired) electrons. The molecule has 0 aliphatic rings. The van der Waals surface area contributed by atoms with Gasteiger partial charge in [0.25, 0.3) is 0 Å². The summed E-state index contributed by atoms with van der Waals surface area (Å²) in [6.07, 6.45) is 6.77. The molecule has 0 aliphatic carbocycles. The molecule has 1 aromatic rings. The normalized spacial score (nSPS) is 12.2. The summed E-state index contributed by atoms with van der Waals surface area (Å²) < 4.78 is 0. The van der Waals surface area contributed by atoms with Crippen molar-refractivity contribution in [3.63, 3.8) is 0 Å². The first-order chi connectivity index (χ1) is 8.63. The summed E-state index contributed by atoms with van der Waals surface area (Å²) in [7, 11) is 1.84. The third-order valence-corrected chi connectivity index (χ3v) is 3.01. The summed E-state index contributed by atoms with van der Waals surface area (Å²) in [5.74, 6) is 0.130. The third-order valence-electron chi connectivity index (χ3n) is 3.01. The molecule has 0 aromatic carbocycles. The molecule has 0 saturated heterocycles. The van der Waals surface area contributed by atoms with Crippen LogP contribution in [-0.4, -0.2) is 35.4 Å². The van der Waals surface area contributed by atoms with Crippen LogP contribution < -0.4 is 5.73 Å². The standard InChI is InChI=1S/C14H23N3O/c1-3-4-13(15)11-14(18)17(2)10-7-12-5-8-16-9-6-12/h5-6,8-9,13H,3-4,7,10-11,15H2,1-2H3. The van der Waals surface area contributed by atoms with Gasteiger partial charge in [0.2, 0.25) is 5.91 Å². The van der Waals surface area contributed by atoms with E-state index in [2.05, 4.69) is 11.9 Å². The average Bonchev–Trinajstić information content (AvgIpc) is 2.37. The lowest BCUT2D eigenvalue weighted by atomic mass is 10.1. The molecular weight excluding hydrogens is 226 g/mol. The Hall–Kier alpha value is -1.42. The highest BCUT2D eigenvalue weighted by atomic mass is 16.2. The van der Waals surface area contributed by atoms with E-state index >= 15 is 0 Å². The van der Waals surface area contributed by atoms with Crippen LogP contribution in [-0.2, 0) is 11.2 Å². The van der Waals surface area contributed by atoms with Gasteiger partial charge in [0, 0.05) is 38.4 Å². The molecule has 0 aliphatic heterocycles. The molecule has 18 heavy (non-hydrogen) atoms. The average molecular weight is 249 g/mol. The highest BCUT2D eigenvalue weighted by molar-refractivity contribution is 5.76. The van der Waals surface area contributed by atoms with Crippen LogP contribution in [0.3, 0.4) is 0 Å². The van der Waals surface area contributed by atoms with Gasteiger partial charge in [-0.2, -0.15) is 0 Å². The molecule has 0 spiro atoms. The Bertz CT molecular complexity index is 353. The predicted octanol–water partition coefficient (Wildman–Crippen LogP) is 1.60. The SMILES string of the molecule is CCCC(N)CC(=O)N(C)CCc1ccncc1. The number of likely N-dealkylation sites (N-methyl/N-ethyl adjacent to an activating group) is 1. The number of aromatic nitrogens is 1. The molecule has 0 bridgehead atoms. The zero-order valence-electron chi connectivity index (χ0n) is 11.3. The first-order valence-corrected chi connectivity index (χ1v) is 6.52. The van der Waals surface area contributed by atoms with E-state index in [1.807, 2.05) is 19.2 Å². The summed E-state index contributed by atoms with van der Waals surface area (Å²) in [6.45, 7) is 2.80. The minimum absolute atomic E-state index is 0.00845. The largest absolute Gasteiger partial charge is 0.345 e. The summed E-state index contributed by atoms with van der Waals surface area (Å²) in [5.41, 5.74) is 7.07. The lowest BCUT2D eigenvalue weighted by Crippen LogP contribution is -2.34. The van der Waals surface area contributed by atoms with E-state index in [0.29, 0.717) is 6.42 Å². The van der Waals surface area contributed by atoms with Crippen LogP contribution in [0.5, 0.6) is 0 Å². The van der Waals surface area contributed by atoms with Crippen LogP contribution in [0.2, 0.25) is 0 Å². The number of nitrogens with two attached hydrogens (primary N) is 1. The lowest BCUT2D eigenvalue weighted by molar-refractivity contribution is -0.130. The molecule has 0 saturated carbocycles. The van der Waals surface area contributed by atoms with E-state index in [-0.39, 0.29) is 11.9 Å². The van der Waals surface area contributed by atoms with E-state index in [9.17, 15) is 4.79 Å². The van der Waals surface area contributed by atoms with Crippen LogP contribution in [0.1, 0.15) is 31.7 Å². The van der Waals surface area contributed by atoms with Gasteiger partial charge in [-0.3, -0.25) is 9.78 Å². The maximum absolute atomic E-state index is 11.9. The predicted molar refractivity (Wildman–Crippen MR) is 73.1 cm³/mol. The highest BCUT2D eigenvalue weighted by Gasteiger charge is 2.12. The Morgan fingerprint density at radius 3 is 2.72 bits per heavy atom. The molecular formula is C14H23N3O. The molecule has 1 aromatic heterocycles. The van der Waals surface area contributed by atoms with Crippen LogP contribution in [0.25, 0.3) is 0 Å². The Labute approximate surface area is 109 Å². The number of rotatable bonds is 7. The Kier molecular flexibility index (Phi) is 6.36. The number of nitrogens with zero attached hydrogens (tertiary/aromatic N) is 2. The molecule has 1 amide bonds. The topological polar surface area (TPSA) is 59.2 Å². The maximum atomic E-state index is 11.9. The van der Waals surface area contributed by atoms with Crippen LogP contribution >= 0.6 is 0 Å². The number of hydrogen-bond donors (Lipinski definition) is 1. The summed E-state index contributed by atoms with van der Waals surface area (Å²) in [6, 6.07) is 3.94. The quantitative estimate of drug-likeness (QED) is 0.798. The number of pyridine rings is 1. The van der Waals surface area contributed by atoms with E-state index < -0.39 is 0 Å². The number of carbonyl (C=O) groups excluding carboxylic acids is 1. The maximum Gasteiger partial charge on any atom is 0.223 e. The Balaban J connectivity index is 2.32. The fourth-order valence-electron chi connectivity index (χ4n) is 1.82. The monoisotopic (exact) mass is 249 g/mol. The van der Waals surface area contributed by atoms with Crippen molar-refractivity contribution in [1.29, 1.82) is 0 Å². The van der Waals surface area contributed by atoms with Crippen LogP contribution in [0, 0.1) is 0 Å². The second kappa shape index (κ2) is 7.82. The van der Waals surface area contributed by atoms with Crippen LogP contribution in [0.15, 0.2) is 24.5 Å². The van der Waals surface area contributed by atoms with Crippen molar-refractivity contribution >= 4 is 5.91 Å². The van der Waals surface area contributed by atoms with Gasteiger partial charge in [-0.1, -0.05) is 13.3 Å². The van der Waals surface area contributed by atoms with E-state index in [4.69, 9.17) is 5.73 Å². The van der Waals surface area contributed by atoms with Gasteiger partial charge in [-0.15, -0.1) is 0 Å². The zero-order valence-corrected chi connectivity index (χ0v) is 11.3. The van der Waals surface area contributed by atoms with Crippen molar-refractivity contribution in [2.75, 3.05) is 13.6 Å².